The smallest absolute Gasteiger partial charge is 0.475 e. The van der Waals surface area contributed by atoms with Crippen LogP contribution in [0.15, 0.2) is 11.4 Å². The summed E-state index contributed by atoms with van der Waals surface area (Å²) in [4.78, 5) is 15.4. The number of anilines is 1. The molecule has 3 rings (SSSR count). The second kappa shape index (κ2) is 9.77. The third-order valence-electron chi connectivity index (χ3n) is 4.19. The van der Waals surface area contributed by atoms with E-state index in [2.05, 4.69) is 25.0 Å². The molecule has 2 aromatic rings. The summed E-state index contributed by atoms with van der Waals surface area (Å²) in [5, 5.41) is 3.61. The Bertz CT molecular complexity index is 1010. The molecule has 1 unspecified atom stereocenters. The fourth-order valence-corrected chi connectivity index (χ4v) is 4.49. The van der Waals surface area contributed by atoms with Gasteiger partial charge in [-0.3, -0.25) is 18.1 Å². The van der Waals surface area contributed by atoms with Crippen molar-refractivity contribution in [3.8, 4) is 5.88 Å². The van der Waals surface area contributed by atoms with E-state index >= 15 is 0 Å². The van der Waals surface area contributed by atoms with Gasteiger partial charge in [0.1, 0.15) is 12.3 Å². The summed E-state index contributed by atoms with van der Waals surface area (Å²) >= 11 is 0. The summed E-state index contributed by atoms with van der Waals surface area (Å²) in [5.74, 6) is 0.223. The van der Waals surface area contributed by atoms with Crippen molar-refractivity contribution in [2.45, 2.75) is 52.2 Å². The molecular formula is C16H25N8O6P. The van der Waals surface area contributed by atoms with Gasteiger partial charge in [0, 0.05) is 4.91 Å². The van der Waals surface area contributed by atoms with Crippen LogP contribution in [0.1, 0.15) is 33.9 Å². The SMILES string of the molecule is CCOc1nc(N)nc2c1ncn2[C@@H](CN=[N+]=[N-])O[C@@H]1COP(=O)(OC(C)C)O[C@H]1C. The Kier molecular flexibility index (Phi) is 7.31. The van der Waals surface area contributed by atoms with Crippen molar-refractivity contribution in [2.24, 2.45) is 5.11 Å². The summed E-state index contributed by atoms with van der Waals surface area (Å²) in [5.41, 5.74) is 15.3. The lowest BCUT2D eigenvalue weighted by atomic mass is 10.2. The number of azide groups is 1. The first-order chi connectivity index (χ1) is 14.8. The number of rotatable bonds is 9. The minimum absolute atomic E-state index is 0.00953. The van der Waals surface area contributed by atoms with Crippen molar-refractivity contribution < 1.29 is 27.6 Å². The predicted molar refractivity (Wildman–Crippen MR) is 109 cm³/mol. The fraction of sp³-hybridized carbons (Fsp3) is 0.688. The molecule has 1 aliphatic heterocycles. The molecule has 0 radical (unpaired) electrons. The van der Waals surface area contributed by atoms with E-state index in [1.54, 1.807) is 32.3 Å². The number of aromatic nitrogens is 4. The largest absolute Gasteiger partial charge is 0.476 e. The Hall–Kier alpha value is -2.47. The molecule has 1 aliphatic rings. The van der Waals surface area contributed by atoms with E-state index in [1.807, 2.05) is 0 Å². The quantitative estimate of drug-likeness (QED) is 0.255. The zero-order valence-electron chi connectivity index (χ0n) is 17.6. The number of phosphoric acid groups is 1. The Morgan fingerprint density at radius 3 is 2.90 bits per heavy atom. The van der Waals surface area contributed by atoms with Gasteiger partial charge in [-0.2, -0.15) is 9.97 Å². The van der Waals surface area contributed by atoms with E-state index in [0.29, 0.717) is 17.8 Å². The number of imidazole rings is 1. The van der Waals surface area contributed by atoms with Crippen LogP contribution < -0.4 is 10.5 Å². The highest BCUT2D eigenvalue weighted by atomic mass is 31.2. The van der Waals surface area contributed by atoms with Crippen LogP contribution >= 0.6 is 7.82 Å². The Morgan fingerprint density at radius 1 is 1.48 bits per heavy atom. The van der Waals surface area contributed by atoms with Gasteiger partial charge in [0.05, 0.1) is 38.3 Å². The van der Waals surface area contributed by atoms with Gasteiger partial charge in [-0.05, 0) is 33.2 Å². The molecule has 1 fully saturated rings. The highest BCUT2D eigenvalue weighted by Gasteiger charge is 2.41. The number of ether oxygens (including phenoxy) is 2. The lowest BCUT2D eigenvalue weighted by Gasteiger charge is -2.35. The maximum Gasteiger partial charge on any atom is 0.475 e. The van der Waals surface area contributed by atoms with E-state index in [0.717, 1.165) is 0 Å². The number of nitrogens with zero attached hydrogens (tertiary/aromatic N) is 7. The van der Waals surface area contributed by atoms with Crippen LogP contribution in [0.5, 0.6) is 5.88 Å². The van der Waals surface area contributed by atoms with Gasteiger partial charge in [-0.1, -0.05) is 5.11 Å². The van der Waals surface area contributed by atoms with Crippen molar-refractivity contribution in [2.75, 3.05) is 25.5 Å². The van der Waals surface area contributed by atoms with Gasteiger partial charge >= 0.3 is 7.82 Å². The maximum atomic E-state index is 12.5. The molecule has 0 bridgehead atoms. The van der Waals surface area contributed by atoms with Gasteiger partial charge in [0.2, 0.25) is 11.8 Å². The average Bonchev–Trinajstić information content (AvgIpc) is 3.10. The van der Waals surface area contributed by atoms with E-state index in [1.165, 1.54) is 6.33 Å². The van der Waals surface area contributed by atoms with Crippen LogP contribution in [0.2, 0.25) is 0 Å². The predicted octanol–water partition coefficient (Wildman–Crippen LogP) is 2.97. The molecule has 15 heteroatoms. The number of nitrogens with two attached hydrogens (primary N) is 1. The summed E-state index contributed by atoms with van der Waals surface area (Å²) < 4.78 is 41.7. The third kappa shape index (κ3) is 5.42. The Morgan fingerprint density at radius 2 is 2.26 bits per heavy atom. The van der Waals surface area contributed by atoms with Crippen molar-refractivity contribution in [1.29, 1.82) is 0 Å². The number of hydrogen-bond acceptors (Lipinski definition) is 11. The van der Waals surface area contributed by atoms with Crippen molar-refractivity contribution in [1.82, 2.24) is 19.5 Å². The van der Waals surface area contributed by atoms with E-state index in [9.17, 15) is 4.57 Å². The topological polar surface area (TPSA) is 182 Å². The first-order valence-corrected chi connectivity index (χ1v) is 11.1. The molecule has 4 atom stereocenters. The molecule has 0 aliphatic carbocycles. The van der Waals surface area contributed by atoms with E-state index in [4.69, 9.17) is 34.3 Å². The summed E-state index contributed by atoms with van der Waals surface area (Å²) in [7, 11) is -3.68. The molecular weight excluding hydrogens is 431 g/mol. The molecule has 31 heavy (non-hydrogen) atoms. The lowest BCUT2D eigenvalue weighted by Crippen LogP contribution is -2.39. The molecule has 0 spiro atoms. The van der Waals surface area contributed by atoms with Crippen molar-refractivity contribution >= 4 is 24.9 Å². The molecule has 170 valence electrons. The third-order valence-corrected chi connectivity index (χ3v) is 5.92. The van der Waals surface area contributed by atoms with Gasteiger partial charge in [0.15, 0.2) is 11.2 Å². The molecule has 0 amide bonds. The molecule has 3 heterocycles. The highest BCUT2D eigenvalue weighted by molar-refractivity contribution is 7.48. The Labute approximate surface area is 178 Å². The first kappa shape index (κ1) is 23.2. The average molecular weight is 456 g/mol. The van der Waals surface area contributed by atoms with Gasteiger partial charge < -0.3 is 15.2 Å². The van der Waals surface area contributed by atoms with E-state index in [-0.39, 0.29) is 31.1 Å². The number of phosphoric ester groups is 1. The zero-order valence-corrected chi connectivity index (χ0v) is 18.5. The summed E-state index contributed by atoms with van der Waals surface area (Å²) in [6.07, 6.45) is -0.968. The monoisotopic (exact) mass is 456 g/mol. The van der Waals surface area contributed by atoms with Crippen molar-refractivity contribution in [3.63, 3.8) is 0 Å². The normalized spacial score (nSPS) is 24.8. The van der Waals surface area contributed by atoms with Gasteiger partial charge in [0.25, 0.3) is 0 Å². The van der Waals surface area contributed by atoms with Crippen molar-refractivity contribution in [3.05, 3.63) is 16.8 Å². The Balaban J connectivity index is 1.87. The number of nitrogen functional groups attached to an aromatic ring is 1. The minimum atomic E-state index is -3.68. The van der Waals surface area contributed by atoms with Gasteiger partial charge in [-0.15, -0.1) is 0 Å². The van der Waals surface area contributed by atoms with Crippen LogP contribution in [0.3, 0.4) is 0 Å². The molecule has 0 saturated carbocycles. The number of hydrogen-bond donors (Lipinski definition) is 1. The molecule has 0 aromatic carbocycles. The van der Waals surface area contributed by atoms with Crippen LogP contribution in [0, 0.1) is 0 Å². The minimum Gasteiger partial charge on any atom is -0.476 e. The van der Waals surface area contributed by atoms with Crippen LogP contribution in [0.25, 0.3) is 21.6 Å². The van der Waals surface area contributed by atoms with Crippen LogP contribution in [0.4, 0.5) is 5.95 Å². The second-order valence-electron chi connectivity index (χ2n) is 6.89. The fourth-order valence-electron chi connectivity index (χ4n) is 2.93. The standard InChI is InChI=1S/C16H25N8O6P/c1-5-26-15-13-14(21-16(17)22-15)24(8-19-13)12(6-20-23-18)28-11-7-27-31(25,29-9(2)3)30-10(11)4/h8-12H,5-7H2,1-4H3,(H2,17,21,22)/t10-,11+,12+,31?/m0/s1. The van der Waals surface area contributed by atoms with E-state index < -0.39 is 26.3 Å². The highest BCUT2D eigenvalue weighted by Crippen LogP contribution is 2.54. The molecule has 2 N–H and O–H groups in total. The first-order valence-electron chi connectivity index (χ1n) is 9.66. The molecule has 2 aromatic heterocycles. The van der Waals surface area contributed by atoms with Gasteiger partial charge in [-0.25, -0.2) is 9.55 Å². The summed E-state index contributed by atoms with van der Waals surface area (Å²) in [6, 6.07) is 0. The lowest BCUT2D eigenvalue weighted by molar-refractivity contribution is -0.135. The number of fused-ring (bicyclic) bond motifs is 1. The second-order valence-corrected chi connectivity index (χ2v) is 8.47. The maximum absolute atomic E-state index is 12.5. The molecule has 14 nitrogen and oxygen atoms in total. The summed E-state index contributed by atoms with van der Waals surface area (Å²) in [6.45, 7) is 7.18. The zero-order chi connectivity index (χ0) is 22.6. The van der Waals surface area contributed by atoms with Crippen LogP contribution in [-0.2, 0) is 22.9 Å². The molecule has 1 saturated heterocycles. The van der Waals surface area contributed by atoms with Crippen LogP contribution in [-0.4, -0.2) is 57.6 Å².